The van der Waals surface area contributed by atoms with Crippen molar-refractivity contribution in [3.63, 3.8) is 0 Å². The van der Waals surface area contributed by atoms with E-state index in [0.29, 0.717) is 0 Å². The molecule has 5 nitrogen and oxygen atoms in total. The van der Waals surface area contributed by atoms with Crippen molar-refractivity contribution in [1.82, 2.24) is 9.29 Å². The van der Waals surface area contributed by atoms with Crippen molar-refractivity contribution < 1.29 is 8.42 Å². The second kappa shape index (κ2) is 3.71. The Kier molecular flexibility index (Phi) is 2.84. The number of hydrogen-bond acceptors (Lipinski definition) is 3. The minimum Gasteiger partial charge on any atom is -0.301 e. The van der Waals surface area contributed by atoms with Crippen LogP contribution in [0.5, 0.6) is 0 Å². The fourth-order valence-corrected chi connectivity index (χ4v) is 1.15. The number of nitrogens with one attached hydrogen (secondary N) is 1. The van der Waals surface area contributed by atoms with E-state index >= 15 is 0 Å². The molecule has 0 aliphatic rings. The minimum atomic E-state index is -3.25. The van der Waals surface area contributed by atoms with Crippen LogP contribution in [-0.4, -0.2) is 19.2 Å². The third-order valence-electron chi connectivity index (χ3n) is 1.40. The molecule has 0 unspecified atom stereocenters. The van der Waals surface area contributed by atoms with Gasteiger partial charge in [0.05, 0.1) is 12.9 Å². The van der Waals surface area contributed by atoms with Crippen LogP contribution in [0.25, 0.3) is 0 Å². The fraction of sp³-hybridized carbons (Fsp3) is 0.286. The molecule has 0 spiro atoms. The van der Waals surface area contributed by atoms with Gasteiger partial charge in [-0.25, -0.2) is 8.42 Å². The van der Waals surface area contributed by atoms with Crippen LogP contribution in [0.15, 0.2) is 29.2 Å². The van der Waals surface area contributed by atoms with Gasteiger partial charge in [0.15, 0.2) is 0 Å². The van der Waals surface area contributed by atoms with Gasteiger partial charge < -0.3 is 4.57 Å². The lowest BCUT2D eigenvalue weighted by Crippen LogP contribution is -2.30. The summed E-state index contributed by atoms with van der Waals surface area (Å²) in [4.78, 5) is 11.1. The predicted octanol–water partition coefficient (Wildman–Crippen LogP) is -0.645. The monoisotopic (exact) mass is 202 g/mol. The maximum Gasteiger partial charge on any atom is 0.251 e. The zero-order valence-electron chi connectivity index (χ0n) is 7.10. The molecular formula is C7H10N2O3S. The van der Waals surface area contributed by atoms with Crippen molar-refractivity contribution in [1.29, 1.82) is 0 Å². The second-order valence-corrected chi connectivity index (χ2v) is 4.42. The van der Waals surface area contributed by atoms with E-state index in [1.807, 2.05) is 0 Å². The smallest absolute Gasteiger partial charge is 0.251 e. The first-order chi connectivity index (χ1) is 5.99. The maximum absolute atomic E-state index is 11.1. The Morgan fingerprint density at radius 3 is 2.69 bits per heavy atom. The Bertz CT molecular complexity index is 435. The van der Waals surface area contributed by atoms with E-state index in [1.54, 1.807) is 12.1 Å². The van der Waals surface area contributed by atoms with Crippen molar-refractivity contribution in [3.05, 3.63) is 34.7 Å². The van der Waals surface area contributed by atoms with Gasteiger partial charge in [0.2, 0.25) is 10.0 Å². The highest BCUT2D eigenvalue weighted by molar-refractivity contribution is 7.88. The summed E-state index contributed by atoms with van der Waals surface area (Å²) in [7, 11) is -3.25. The van der Waals surface area contributed by atoms with E-state index in [9.17, 15) is 13.2 Å². The van der Waals surface area contributed by atoms with Crippen LogP contribution in [0.1, 0.15) is 0 Å². The highest BCUT2D eigenvalue weighted by Gasteiger charge is 1.99. The van der Waals surface area contributed by atoms with Crippen molar-refractivity contribution in [2.24, 2.45) is 0 Å². The summed E-state index contributed by atoms with van der Waals surface area (Å²) in [5.74, 6) is 0. The van der Waals surface area contributed by atoms with Crippen LogP contribution in [0.2, 0.25) is 0 Å². The van der Waals surface area contributed by atoms with E-state index in [4.69, 9.17) is 0 Å². The molecule has 0 saturated carbocycles. The minimum absolute atomic E-state index is 0.0293. The summed E-state index contributed by atoms with van der Waals surface area (Å²) in [6.45, 7) is -0.0293. The Balaban J connectivity index is 2.77. The number of hydrogen-bond donors (Lipinski definition) is 1. The van der Waals surface area contributed by atoms with Gasteiger partial charge in [-0.15, -0.1) is 0 Å². The molecule has 0 aliphatic carbocycles. The Morgan fingerprint density at radius 1 is 1.46 bits per heavy atom. The highest BCUT2D eigenvalue weighted by atomic mass is 32.2. The molecule has 1 rings (SSSR count). The van der Waals surface area contributed by atoms with Gasteiger partial charge in [-0.2, -0.15) is 4.72 Å². The van der Waals surface area contributed by atoms with E-state index in [1.165, 1.54) is 16.8 Å². The van der Waals surface area contributed by atoms with Gasteiger partial charge in [-0.05, 0) is 6.07 Å². The summed E-state index contributed by atoms with van der Waals surface area (Å²) in [6, 6.07) is 4.62. The van der Waals surface area contributed by atoms with E-state index < -0.39 is 10.0 Å². The molecule has 0 saturated heterocycles. The van der Waals surface area contributed by atoms with Crippen LogP contribution in [0, 0.1) is 0 Å². The van der Waals surface area contributed by atoms with Crippen LogP contribution in [-0.2, 0) is 16.7 Å². The standard InChI is InChI=1S/C7H10N2O3S/c1-13(11,12)8-6-9-5-3-2-4-7(9)10/h2-5,8H,6H2,1H3. The summed E-state index contributed by atoms with van der Waals surface area (Å²) in [5.41, 5.74) is -0.237. The summed E-state index contributed by atoms with van der Waals surface area (Å²) < 4.78 is 24.9. The third-order valence-corrected chi connectivity index (χ3v) is 2.05. The first kappa shape index (κ1) is 9.94. The molecule has 1 heterocycles. The zero-order chi connectivity index (χ0) is 9.90. The van der Waals surface area contributed by atoms with Crippen molar-refractivity contribution >= 4 is 10.0 Å². The van der Waals surface area contributed by atoms with Gasteiger partial charge in [0, 0.05) is 12.3 Å². The molecular weight excluding hydrogens is 192 g/mol. The number of aromatic nitrogens is 1. The molecule has 0 bridgehead atoms. The first-order valence-corrected chi connectivity index (χ1v) is 5.48. The lowest BCUT2D eigenvalue weighted by atomic mass is 10.5. The quantitative estimate of drug-likeness (QED) is 0.708. The van der Waals surface area contributed by atoms with E-state index in [2.05, 4.69) is 4.72 Å². The predicted molar refractivity (Wildman–Crippen MR) is 48.7 cm³/mol. The van der Waals surface area contributed by atoms with E-state index in [0.717, 1.165) is 6.26 Å². The lowest BCUT2D eigenvalue weighted by Gasteiger charge is -2.04. The average molecular weight is 202 g/mol. The summed E-state index contributed by atoms with van der Waals surface area (Å²) in [5, 5.41) is 0. The average Bonchev–Trinajstić information content (AvgIpc) is 2.01. The molecule has 72 valence electrons. The van der Waals surface area contributed by atoms with Gasteiger partial charge >= 0.3 is 0 Å². The third kappa shape index (κ3) is 3.39. The molecule has 13 heavy (non-hydrogen) atoms. The zero-order valence-corrected chi connectivity index (χ0v) is 7.91. The maximum atomic E-state index is 11.1. The van der Waals surface area contributed by atoms with Crippen LogP contribution in [0.3, 0.4) is 0 Å². The first-order valence-electron chi connectivity index (χ1n) is 3.59. The Hall–Kier alpha value is -1.14. The molecule has 1 aromatic rings. The lowest BCUT2D eigenvalue weighted by molar-refractivity contribution is 0.564. The molecule has 0 atom stereocenters. The van der Waals surface area contributed by atoms with Crippen molar-refractivity contribution in [2.75, 3.05) is 6.26 Å². The normalized spacial score (nSPS) is 11.5. The van der Waals surface area contributed by atoms with Crippen LogP contribution in [0.4, 0.5) is 0 Å². The number of nitrogens with zero attached hydrogens (tertiary/aromatic N) is 1. The number of pyridine rings is 1. The van der Waals surface area contributed by atoms with E-state index in [-0.39, 0.29) is 12.2 Å². The van der Waals surface area contributed by atoms with Crippen molar-refractivity contribution in [3.8, 4) is 0 Å². The number of sulfonamides is 1. The topological polar surface area (TPSA) is 68.2 Å². The van der Waals surface area contributed by atoms with Gasteiger partial charge in [0.1, 0.15) is 0 Å². The molecule has 0 fully saturated rings. The van der Waals surface area contributed by atoms with Gasteiger partial charge in [-0.3, -0.25) is 4.79 Å². The second-order valence-electron chi connectivity index (χ2n) is 2.58. The van der Waals surface area contributed by atoms with Crippen LogP contribution >= 0.6 is 0 Å². The van der Waals surface area contributed by atoms with Gasteiger partial charge in [-0.1, -0.05) is 6.07 Å². The Morgan fingerprint density at radius 2 is 2.15 bits per heavy atom. The molecule has 0 aliphatic heterocycles. The van der Waals surface area contributed by atoms with Crippen LogP contribution < -0.4 is 10.3 Å². The van der Waals surface area contributed by atoms with Gasteiger partial charge in [0.25, 0.3) is 5.56 Å². The fourth-order valence-electron chi connectivity index (χ4n) is 0.778. The Labute approximate surface area is 76.1 Å². The molecule has 6 heteroatoms. The van der Waals surface area contributed by atoms with Crippen molar-refractivity contribution in [2.45, 2.75) is 6.67 Å². The molecule has 0 aromatic carbocycles. The SMILES string of the molecule is CS(=O)(=O)NCn1ccccc1=O. The molecule has 0 amide bonds. The molecule has 1 N–H and O–H groups in total. The number of rotatable bonds is 3. The highest BCUT2D eigenvalue weighted by Crippen LogP contribution is 1.81. The molecule has 0 radical (unpaired) electrons. The molecule has 1 aromatic heterocycles. The summed E-state index contributed by atoms with van der Waals surface area (Å²) in [6.07, 6.45) is 2.56. The largest absolute Gasteiger partial charge is 0.301 e. The summed E-state index contributed by atoms with van der Waals surface area (Å²) >= 11 is 0.